The van der Waals surface area contributed by atoms with Gasteiger partial charge >= 0.3 is 0 Å². The van der Waals surface area contributed by atoms with Gasteiger partial charge in [0.2, 0.25) is 0 Å². The molecule has 0 bridgehead atoms. The molecule has 94 valence electrons. The van der Waals surface area contributed by atoms with Gasteiger partial charge in [0.25, 0.3) is 0 Å². The smallest absolute Gasteiger partial charge is 0.000941 e. The van der Waals surface area contributed by atoms with Gasteiger partial charge < -0.3 is 4.90 Å². The van der Waals surface area contributed by atoms with E-state index < -0.39 is 0 Å². The van der Waals surface area contributed by atoms with Crippen LogP contribution in [0.3, 0.4) is 0 Å². The molecule has 1 aliphatic carbocycles. The fourth-order valence-electron chi connectivity index (χ4n) is 3.23. The average molecular weight is 231 g/mol. The molecule has 1 nitrogen and oxygen atoms in total. The maximum atomic E-state index is 2.39. The third-order valence-corrected chi connectivity index (χ3v) is 3.98. The van der Waals surface area contributed by atoms with E-state index in [-0.39, 0.29) is 0 Å². The molecule has 1 aromatic carbocycles. The Balaban J connectivity index is 2.15. The van der Waals surface area contributed by atoms with Gasteiger partial charge in [-0.25, -0.2) is 0 Å². The zero-order valence-electron chi connectivity index (χ0n) is 11.4. The van der Waals surface area contributed by atoms with E-state index in [9.17, 15) is 0 Å². The molecular formula is C16H25N. The van der Waals surface area contributed by atoms with E-state index in [1.807, 2.05) is 0 Å². The summed E-state index contributed by atoms with van der Waals surface area (Å²) in [6.07, 6.45) is 5.60. The minimum Gasteiger partial charge on any atom is -0.309 e. The monoisotopic (exact) mass is 231 g/mol. The second-order valence-electron chi connectivity index (χ2n) is 5.83. The second kappa shape index (κ2) is 5.68. The topological polar surface area (TPSA) is 3.24 Å². The third-order valence-electron chi connectivity index (χ3n) is 3.98. The minimum absolute atomic E-state index is 0.783. The standard InChI is InChI=1S/C16H25N/c1-13-7-6-9-14(11-13)16-10-5-4-8-15(16)12-17(2)3/h6-7,9,11,15-16H,4-5,8,10,12H2,1-3H3. The molecule has 0 saturated heterocycles. The van der Waals surface area contributed by atoms with Gasteiger partial charge in [0.05, 0.1) is 0 Å². The Morgan fingerprint density at radius 3 is 2.65 bits per heavy atom. The molecule has 1 saturated carbocycles. The van der Waals surface area contributed by atoms with Crippen LogP contribution in [-0.4, -0.2) is 25.5 Å². The zero-order chi connectivity index (χ0) is 12.3. The van der Waals surface area contributed by atoms with Gasteiger partial charge in [0.1, 0.15) is 0 Å². The van der Waals surface area contributed by atoms with Crippen molar-refractivity contribution in [3.05, 3.63) is 35.4 Å². The molecule has 2 unspecified atom stereocenters. The first-order valence-electron chi connectivity index (χ1n) is 6.88. The van der Waals surface area contributed by atoms with Crippen molar-refractivity contribution >= 4 is 0 Å². The van der Waals surface area contributed by atoms with Crippen LogP contribution in [0.1, 0.15) is 42.7 Å². The van der Waals surface area contributed by atoms with E-state index in [2.05, 4.69) is 50.2 Å². The molecule has 1 heteroatoms. The van der Waals surface area contributed by atoms with Crippen LogP contribution in [0.5, 0.6) is 0 Å². The normalized spacial score (nSPS) is 25.2. The second-order valence-corrected chi connectivity index (χ2v) is 5.83. The summed E-state index contributed by atoms with van der Waals surface area (Å²) in [4.78, 5) is 2.35. The van der Waals surface area contributed by atoms with Gasteiger partial charge in [0.15, 0.2) is 0 Å². The number of rotatable bonds is 3. The summed E-state index contributed by atoms with van der Waals surface area (Å²) < 4.78 is 0. The maximum Gasteiger partial charge on any atom is 0.000941 e. The summed E-state index contributed by atoms with van der Waals surface area (Å²) >= 11 is 0. The summed E-state index contributed by atoms with van der Waals surface area (Å²) in [5.74, 6) is 1.63. The minimum atomic E-state index is 0.783. The van der Waals surface area contributed by atoms with E-state index in [0.717, 1.165) is 11.8 Å². The Kier molecular flexibility index (Phi) is 4.22. The van der Waals surface area contributed by atoms with Crippen molar-refractivity contribution in [2.75, 3.05) is 20.6 Å². The van der Waals surface area contributed by atoms with Gasteiger partial charge in [-0.1, -0.05) is 42.7 Å². The molecule has 0 N–H and O–H groups in total. The molecule has 1 aliphatic rings. The van der Waals surface area contributed by atoms with Crippen molar-refractivity contribution in [3.63, 3.8) is 0 Å². The highest BCUT2D eigenvalue weighted by Crippen LogP contribution is 2.38. The van der Waals surface area contributed by atoms with Crippen molar-refractivity contribution < 1.29 is 0 Å². The summed E-state index contributed by atoms with van der Waals surface area (Å²) in [5, 5.41) is 0. The lowest BCUT2D eigenvalue weighted by Gasteiger charge is -2.34. The molecule has 0 spiro atoms. The lowest BCUT2D eigenvalue weighted by molar-refractivity contribution is 0.233. The Morgan fingerprint density at radius 2 is 1.94 bits per heavy atom. The van der Waals surface area contributed by atoms with Crippen LogP contribution in [0, 0.1) is 12.8 Å². The Bertz CT molecular complexity index is 356. The Hall–Kier alpha value is -0.820. The summed E-state index contributed by atoms with van der Waals surface area (Å²) in [7, 11) is 4.39. The van der Waals surface area contributed by atoms with Crippen LogP contribution in [0.4, 0.5) is 0 Å². The van der Waals surface area contributed by atoms with E-state index in [0.29, 0.717) is 0 Å². The predicted molar refractivity (Wildman–Crippen MR) is 74.4 cm³/mol. The number of hydrogen-bond acceptors (Lipinski definition) is 1. The Morgan fingerprint density at radius 1 is 1.18 bits per heavy atom. The van der Waals surface area contributed by atoms with Gasteiger partial charge in [0, 0.05) is 6.54 Å². The van der Waals surface area contributed by atoms with Crippen molar-refractivity contribution in [1.82, 2.24) is 4.90 Å². The van der Waals surface area contributed by atoms with Crippen LogP contribution >= 0.6 is 0 Å². The van der Waals surface area contributed by atoms with E-state index in [1.54, 1.807) is 5.56 Å². The largest absolute Gasteiger partial charge is 0.309 e. The quantitative estimate of drug-likeness (QED) is 0.764. The van der Waals surface area contributed by atoms with Crippen LogP contribution in [0.15, 0.2) is 24.3 Å². The first kappa shape index (κ1) is 12.6. The first-order chi connectivity index (χ1) is 8.16. The molecule has 17 heavy (non-hydrogen) atoms. The highest BCUT2D eigenvalue weighted by molar-refractivity contribution is 5.26. The molecular weight excluding hydrogens is 206 g/mol. The molecule has 1 aromatic rings. The molecule has 0 amide bonds. The summed E-state index contributed by atoms with van der Waals surface area (Å²) in [6.45, 7) is 3.44. The van der Waals surface area contributed by atoms with Crippen molar-refractivity contribution in [1.29, 1.82) is 0 Å². The summed E-state index contributed by atoms with van der Waals surface area (Å²) in [5.41, 5.74) is 2.97. The van der Waals surface area contributed by atoms with Crippen LogP contribution in [-0.2, 0) is 0 Å². The predicted octanol–water partition coefficient (Wildman–Crippen LogP) is 3.83. The average Bonchev–Trinajstić information content (AvgIpc) is 2.29. The van der Waals surface area contributed by atoms with Gasteiger partial charge in [-0.3, -0.25) is 0 Å². The molecule has 0 aliphatic heterocycles. The van der Waals surface area contributed by atoms with E-state index in [4.69, 9.17) is 0 Å². The van der Waals surface area contributed by atoms with Crippen LogP contribution in [0.2, 0.25) is 0 Å². The SMILES string of the molecule is Cc1cccc(C2CCCCC2CN(C)C)c1. The number of nitrogens with zero attached hydrogens (tertiary/aromatic N) is 1. The van der Waals surface area contributed by atoms with Crippen molar-refractivity contribution in [2.24, 2.45) is 5.92 Å². The molecule has 0 radical (unpaired) electrons. The molecule has 1 fully saturated rings. The van der Waals surface area contributed by atoms with Crippen molar-refractivity contribution in [2.45, 2.75) is 38.5 Å². The van der Waals surface area contributed by atoms with Crippen LogP contribution in [0.25, 0.3) is 0 Å². The third kappa shape index (κ3) is 3.32. The number of benzene rings is 1. The number of hydrogen-bond donors (Lipinski definition) is 0. The van der Waals surface area contributed by atoms with Crippen LogP contribution < -0.4 is 0 Å². The molecule has 2 rings (SSSR count). The summed E-state index contributed by atoms with van der Waals surface area (Å²) in [6, 6.07) is 9.13. The lowest BCUT2D eigenvalue weighted by atomic mass is 9.75. The molecule has 0 aromatic heterocycles. The van der Waals surface area contributed by atoms with Crippen molar-refractivity contribution in [3.8, 4) is 0 Å². The zero-order valence-corrected chi connectivity index (χ0v) is 11.4. The fraction of sp³-hybridized carbons (Fsp3) is 0.625. The first-order valence-corrected chi connectivity index (χ1v) is 6.88. The van der Waals surface area contributed by atoms with Gasteiger partial charge in [-0.15, -0.1) is 0 Å². The molecule has 2 atom stereocenters. The highest BCUT2D eigenvalue weighted by atomic mass is 15.1. The van der Waals surface area contributed by atoms with E-state index in [1.165, 1.54) is 37.8 Å². The molecule has 0 heterocycles. The number of aryl methyl sites for hydroxylation is 1. The lowest BCUT2D eigenvalue weighted by Crippen LogP contribution is -2.28. The van der Waals surface area contributed by atoms with Gasteiger partial charge in [-0.05, 0) is 51.3 Å². The maximum absolute atomic E-state index is 2.39. The van der Waals surface area contributed by atoms with Gasteiger partial charge in [-0.2, -0.15) is 0 Å². The highest BCUT2D eigenvalue weighted by Gasteiger charge is 2.26. The fourth-order valence-corrected chi connectivity index (χ4v) is 3.23. The van der Waals surface area contributed by atoms with E-state index >= 15 is 0 Å². The Labute approximate surface area is 106 Å².